The van der Waals surface area contributed by atoms with Gasteiger partial charge in [0.25, 0.3) is 17.7 Å². The molecule has 8 nitrogen and oxygen atoms in total. The number of nitrogens with zero attached hydrogens (tertiary/aromatic N) is 4. The number of carbonyl (C=O) groups is 3. The van der Waals surface area contributed by atoms with Crippen molar-refractivity contribution in [2.45, 2.75) is 62.1 Å². The number of nitrogens with one attached hydrogen (secondary N) is 1. The molecule has 2 heterocycles. The summed E-state index contributed by atoms with van der Waals surface area (Å²) >= 11 is 6.68. The SMILES string of the molecule is N#Cc1ccnc(N2C(=O)CC[C@H]2C(=O)N(c2cc(F)cc(F)c2)[C@@]2(C(=O)NC3CC(F)(F)C3)CCc3cccc(Cl)c32)c1. The molecule has 3 aliphatic rings. The number of fused-ring (bicyclic) bond motifs is 1. The average Bonchev–Trinajstić information content (AvgIpc) is 3.54. The van der Waals surface area contributed by atoms with Crippen LogP contribution in [0.4, 0.5) is 29.1 Å². The zero-order valence-electron chi connectivity index (χ0n) is 23.0. The van der Waals surface area contributed by atoms with E-state index in [1.165, 1.54) is 24.4 Å². The molecule has 1 aromatic heterocycles. The molecular formula is C31H24ClF4N5O3. The quantitative estimate of drug-likeness (QED) is 0.381. The predicted molar refractivity (Wildman–Crippen MR) is 151 cm³/mol. The maximum absolute atomic E-state index is 14.8. The minimum absolute atomic E-state index is 0.00956. The molecule has 2 fully saturated rings. The van der Waals surface area contributed by atoms with Crippen LogP contribution in [0.2, 0.25) is 5.02 Å². The Balaban J connectivity index is 1.53. The number of alkyl halides is 2. The molecule has 0 bridgehead atoms. The van der Waals surface area contributed by atoms with Crippen LogP contribution in [0.25, 0.3) is 0 Å². The minimum atomic E-state index is -2.97. The Morgan fingerprint density at radius 2 is 1.82 bits per heavy atom. The molecule has 2 aromatic carbocycles. The van der Waals surface area contributed by atoms with Crippen LogP contribution in [0.3, 0.4) is 0 Å². The number of hydrogen-bond donors (Lipinski definition) is 1. The second kappa shape index (κ2) is 10.9. The number of amides is 3. The van der Waals surface area contributed by atoms with Gasteiger partial charge in [-0.05, 0) is 55.2 Å². The molecular weight excluding hydrogens is 602 g/mol. The normalized spacial score (nSPS) is 22.2. The van der Waals surface area contributed by atoms with Crippen LogP contribution >= 0.6 is 11.6 Å². The van der Waals surface area contributed by atoms with Crippen molar-refractivity contribution < 1.29 is 31.9 Å². The number of rotatable bonds is 6. The highest BCUT2D eigenvalue weighted by Gasteiger charge is 2.57. The van der Waals surface area contributed by atoms with Gasteiger partial charge in [-0.1, -0.05) is 23.7 Å². The minimum Gasteiger partial charge on any atom is -0.351 e. The van der Waals surface area contributed by atoms with E-state index in [9.17, 15) is 37.2 Å². The molecule has 13 heteroatoms. The molecule has 44 heavy (non-hydrogen) atoms. The van der Waals surface area contributed by atoms with Crippen LogP contribution in [0, 0.1) is 23.0 Å². The Kier molecular flexibility index (Phi) is 7.32. The molecule has 226 valence electrons. The predicted octanol–water partition coefficient (Wildman–Crippen LogP) is 5.17. The summed E-state index contributed by atoms with van der Waals surface area (Å²) in [5.41, 5.74) is -1.38. The maximum Gasteiger partial charge on any atom is 0.252 e. The summed E-state index contributed by atoms with van der Waals surface area (Å²) < 4.78 is 57.1. The molecule has 1 saturated carbocycles. The number of benzene rings is 2. The topological polar surface area (TPSA) is 106 Å². The summed E-state index contributed by atoms with van der Waals surface area (Å²) in [7, 11) is 0. The average molecular weight is 626 g/mol. The molecule has 1 aliphatic heterocycles. The van der Waals surface area contributed by atoms with Crippen molar-refractivity contribution in [2.75, 3.05) is 9.80 Å². The van der Waals surface area contributed by atoms with E-state index >= 15 is 0 Å². The third kappa shape index (κ3) is 4.95. The highest BCUT2D eigenvalue weighted by Crippen LogP contribution is 2.49. The number of aryl methyl sites for hydroxylation is 1. The summed E-state index contributed by atoms with van der Waals surface area (Å²) in [6, 6.07) is 9.73. The Morgan fingerprint density at radius 1 is 1.09 bits per heavy atom. The third-order valence-corrected chi connectivity index (χ3v) is 8.71. The van der Waals surface area contributed by atoms with Crippen molar-refractivity contribution in [3.63, 3.8) is 0 Å². The number of halogens is 5. The monoisotopic (exact) mass is 625 g/mol. The molecule has 6 rings (SSSR count). The zero-order valence-corrected chi connectivity index (χ0v) is 23.8. The van der Waals surface area contributed by atoms with Gasteiger partial charge in [-0.3, -0.25) is 24.2 Å². The van der Waals surface area contributed by atoms with Gasteiger partial charge in [0, 0.05) is 48.2 Å². The fourth-order valence-corrected chi connectivity index (χ4v) is 6.83. The van der Waals surface area contributed by atoms with E-state index in [1.807, 2.05) is 6.07 Å². The zero-order chi connectivity index (χ0) is 31.4. The second-order valence-electron chi connectivity index (χ2n) is 11.2. The smallest absolute Gasteiger partial charge is 0.252 e. The van der Waals surface area contributed by atoms with Gasteiger partial charge in [-0.15, -0.1) is 0 Å². The van der Waals surface area contributed by atoms with Gasteiger partial charge in [-0.25, -0.2) is 22.5 Å². The van der Waals surface area contributed by atoms with Crippen LogP contribution in [0.5, 0.6) is 0 Å². The van der Waals surface area contributed by atoms with Crippen LogP contribution in [-0.4, -0.2) is 40.7 Å². The molecule has 1 N–H and O–H groups in total. The molecule has 0 radical (unpaired) electrons. The first kappa shape index (κ1) is 29.6. The second-order valence-corrected chi connectivity index (χ2v) is 11.6. The van der Waals surface area contributed by atoms with Gasteiger partial charge < -0.3 is 5.32 Å². The van der Waals surface area contributed by atoms with Crippen molar-refractivity contribution in [1.82, 2.24) is 10.3 Å². The van der Waals surface area contributed by atoms with E-state index in [1.54, 1.807) is 12.1 Å². The van der Waals surface area contributed by atoms with Crippen LogP contribution in [0.15, 0.2) is 54.7 Å². The maximum atomic E-state index is 14.8. The molecule has 0 unspecified atom stereocenters. The lowest BCUT2D eigenvalue weighted by molar-refractivity contribution is -0.137. The van der Waals surface area contributed by atoms with Gasteiger partial charge >= 0.3 is 0 Å². The Bertz CT molecular complexity index is 1720. The highest BCUT2D eigenvalue weighted by atomic mass is 35.5. The summed E-state index contributed by atoms with van der Waals surface area (Å²) in [6.45, 7) is 0. The van der Waals surface area contributed by atoms with Gasteiger partial charge in [0.2, 0.25) is 5.91 Å². The van der Waals surface area contributed by atoms with Gasteiger partial charge in [0.15, 0.2) is 5.54 Å². The van der Waals surface area contributed by atoms with Gasteiger partial charge in [0.05, 0.1) is 17.3 Å². The van der Waals surface area contributed by atoms with E-state index < -0.39 is 65.7 Å². The molecule has 2 atom stereocenters. The number of carbonyl (C=O) groups excluding carboxylic acids is 3. The largest absolute Gasteiger partial charge is 0.351 e. The van der Waals surface area contributed by atoms with Crippen molar-refractivity contribution >= 4 is 40.8 Å². The molecule has 1 saturated heterocycles. The lowest BCUT2D eigenvalue weighted by Crippen LogP contribution is -2.64. The Morgan fingerprint density at radius 3 is 2.50 bits per heavy atom. The van der Waals surface area contributed by atoms with E-state index in [4.69, 9.17) is 11.6 Å². The molecule has 2 aliphatic carbocycles. The van der Waals surface area contributed by atoms with Crippen LogP contribution < -0.4 is 15.1 Å². The highest BCUT2D eigenvalue weighted by molar-refractivity contribution is 6.32. The molecule has 3 amide bonds. The molecule has 3 aromatic rings. The van der Waals surface area contributed by atoms with E-state index in [-0.39, 0.29) is 53.3 Å². The Labute approximate surface area is 254 Å². The first-order chi connectivity index (χ1) is 20.9. The number of pyridine rings is 1. The van der Waals surface area contributed by atoms with E-state index in [0.717, 1.165) is 21.9 Å². The first-order valence-corrected chi connectivity index (χ1v) is 14.3. The summed E-state index contributed by atoms with van der Waals surface area (Å²) in [6.07, 6.45) is 0.0902. The van der Waals surface area contributed by atoms with Gasteiger partial charge in [0.1, 0.15) is 23.5 Å². The third-order valence-electron chi connectivity index (χ3n) is 8.40. The van der Waals surface area contributed by atoms with E-state index in [0.29, 0.717) is 11.6 Å². The summed E-state index contributed by atoms with van der Waals surface area (Å²) in [4.78, 5) is 48.5. The van der Waals surface area contributed by atoms with Crippen LogP contribution in [0.1, 0.15) is 48.8 Å². The fourth-order valence-electron chi connectivity index (χ4n) is 6.48. The lowest BCUT2D eigenvalue weighted by Gasteiger charge is -2.45. The number of nitriles is 1. The summed E-state index contributed by atoms with van der Waals surface area (Å²) in [5.74, 6) is -7.23. The standard InChI is InChI=1S/C31H24ClF4N5O3/c32-23-3-1-2-18-6-8-31(27(18)23,29(44)39-21-14-30(35,36)15-21)41(22-12-19(33)11-20(34)13-22)28(43)24-4-5-26(42)40(24)25-10-17(16-37)7-9-38-25/h1-3,7,9-13,21,24H,4-6,8,14-15H2,(H,39,44)/t24-,31-/m0/s1. The number of aromatic nitrogens is 1. The van der Waals surface area contributed by atoms with Crippen LogP contribution in [-0.2, 0) is 26.3 Å². The van der Waals surface area contributed by atoms with Crippen molar-refractivity contribution in [2.24, 2.45) is 0 Å². The number of anilines is 2. The number of hydrogen-bond acceptors (Lipinski definition) is 5. The summed E-state index contributed by atoms with van der Waals surface area (Å²) in [5, 5.41) is 12.1. The first-order valence-electron chi connectivity index (χ1n) is 13.9. The lowest BCUT2D eigenvalue weighted by atomic mass is 9.83. The van der Waals surface area contributed by atoms with Crippen molar-refractivity contribution in [3.8, 4) is 6.07 Å². The van der Waals surface area contributed by atoms with E-state index in [2.05, 4.69) is 10.3 Å². The molecule has 0 spiro atoms. The van der Waals surface area contributed by atoms with Crippen molar-refractivity contribution in [1.29, 1.82) is 5.26 Å². The van der Waals surface area contributed by atoms with Crippen molar-refractivity contribution in [3.05, 3.63) is 88.1 Å². The van der Waals surface area contributed by atoms with Gasteiger partial charge in [-0.2, -0.15) is 5.26 Å². The fraction of sp³-hybridized carbons (Fsp3) is 0.323. The Hall–Kier alpha value is -4.50.